The summed E-state index contributed by atoms with van der Waals surface area (Å²) in [6.07, 6.45) is 1.33. The molecule has 1 N–H and O–H groups in total. The van der Waals surface area contributed by atoms with Crippen molar-refractivity contribution in [1.82, 2.24) is 19.7 Å². The van der Waals surface area contributed by atoms with E-state index in [9.17, 15) is 4.79 Å². The van der Waals surface area contributed by atoms with E-state index in [1.807, 2.05) is 65.3 Å². The van der Waals surface area contributed by atoms with Crippen LogP contribution in [0.1, 0.15) is 5.76 Å². The van der Waals surface area contributed by atoms with Crippen molar-refractivity contribution in [1.29, 1.82) is 0 Å². The molecular weight excluding hydrogens is 388 g/mol. The average Bonchev–Trinajstić information content (AvgIpc) is 3.30. The molecule has 2 aromatic carbocycles. The Hall–Kier alpha value is -3.64. The predicted molar refractivity (Wildman–Crippen MR) is 112 cm³/mol. The average molecular weight is 403 g/mol. The van der Waals surface area contributed by atoms with Crippen molar-refractivity contribution in [2.75, 3.05) is 0 Å². The first-order chi connectivity index (χ1) is 14.1. The van der Waals surface area contributed by atoms with Gasteiger partial charge in [-0.3, -0.25) is 4.79 Å². The molecule has 0 atom stereocenters. The highest BCUT2D eigenvalue weighted by Crippen LogP contribution is 2.34. The third-order valence-electron chi connectivity index (χ3n) is 4.78. The van der Waals surface area contributed by atoms with Crippen molar-refractivity contribution in [2.45, 2.75) is 6.92 Å². The molecule has 0 fully saturated rings. The first-order valence-electron chi connectivity index (χ1n) is 9.00. The monoisotopic (exact) mass is 402 g/mol. The molecule has 0 aliphatic heterocycles. The number of rotatable bonds is 3. The van der Waals surface area contributed by atoms with E-state index in [2.05, 4.69) is 9.97 Å². The molecule has 0 unspecified atom stereocenters. The van der Waals surface area contributed by atoms with Gasteiger partial charge in [0.15, 0.2) is 0 Å². The minimum Gasteiger partial charge on any atom is -0.442 e. The van der Waals surface area contributed by atoms with Gasteiger partial charge in [-0.25, -0.2) is 9.67 Å². The van der Waals surface area contributed by atoms with Gasteiger partial charge in [0.05, 0.1) is 29.0 Å². The Bertz CT molecular complexity index is 1380. The van der Waals surface area contributed by atoms with Gasteiger partial charge in [-0.2, -0.15) is 5.10 Å². The van der Waals surface area contributed by atoms with Crippen molar-refractivity contribution < 1.29 is 4.42 Å². The molecular formula is C22H15ClN4O2. The lowest BCUT2D eigenvalue weighted by atomic mass is 10.1. The third kappa shape index (κ3) is 2.94. The van der Waals surface area contributed by atoms with E-state index in [0.717, 1.165) is 16.9 Å². The van der Waals surface area contributed by atoms with Crippen LogP contribution >= 0.6 is 11.6 Å². The minimum atomic E-state index is -0.260. The van der Waals surface area contributed by atoms with E-state index in [-0.39, 0.29) is 5.56 Å². The van der Waals surface area contributed by atoms with Crippen LogP contribution in [0.5, 0.6) is 0 Å². The maximum Gasteiger partial charge on any atom is 0.262 e. The molecule has 0 bridgehead atoms. The largest absolute Gasteiger partial charge is 0.442 e. The van der Waals surface area contributed by atoms with E-state index >= 15 is 0 Å². The Kier molecular flexibility index (Phi) is 4.07. The van der Waals surface area contributed by atoms with Crippen molar-refractivity contribution in [2.24, 2.45) is 0 Å². The summed E-state index contributed by atoms with van der Waals surface area (Å²) >= 11 is 6.06. The van der Waals surface area contributed by atoms with Crippen LogP contribution < -0.4 is 5.56 Å². The predicted octanol–water partition coefficient (Wildman–Crippen LogP) is 5.00. The molecule has 0 saturated carbocycles. The lowest BCUT2D eigenvalue weighted by Gasteiger charge is -2.07. The fourth-order valence-electron chi connectivity index (χ4n) is 3.46. The molecule has 5 aromatic rings. The molecule has 142 valence electrons. The van der Waals surface area contributed by atoms with Crippen molar-refractivity contribution in [3.8, 4) is 28.2 Å². The number of nitrogens with one attached hydrogen (secondary N) is 1. The highest BCUT2D eigenvalue weighted by atomic mass is 35.5. The summed E-state index contributed by atoms with van der Waals surface area (Å²) in [5, 5.41) is 5.86. The second-order valence-electron chi connectivity index (χ2n) is 6.61. The summed E-state index contributed by atoms with van der Waals surface area (Å²) in [6, 6.07) is 19.3. The summed E-state index contributed by atoms with van der Waals surface area (Å²) < 4.78 is 7.55. The zero-order valence-corrected chi connectivity index (χ0v) is 16.1. The summed E-state index contributed by atoms with van der Waals surface area (Å²) in [6.45, 7) is 1.81. The van der Waals surface area contributed by atoms with Gasteiger partial charge in [-0.05, 0) is 37.3 Å². The van der Waals surface area contributed by atoms with Gasteiger partial charge < -0.3 is 9.40 Å². The molecule has 6 nitrogen and oxygen atoms in total. The van der Waals surface area contributed by atoms with E-state index in [4.69, 9.17) is 21.1 Å². The lowest BCUT2D eigenvalue weighted by molar-refractivity contribution is 0.568. The molecule has 0 spiro atoms. The van der Waals surface area contributed by atoms with Crippen LogP contribution in [0.2, 0.25) is 5.02 Å². The SMILES string of the molecule is Cc1oc2nc[nH]c(=O)c2c1-c1cc(-c2ccccc2)n(-c2ccc(Cl)cc2)n1. The molecule has 29 heavy (non-hydrogen) atoms. The van der Waals surface area contributed by atoms with Crippen molar-refractivity contribution in [3.05, 3.63) is 88.1 Å². The Morgan fingerprint density at radius 1 is 1.07 bits per heavy atom. The molecule has 7 heteroatoms. The van der Waals surface area contributed by atoms with Crippen LogP contribution in [0.25, 0.3) is 39.3 Å². The number of aromatic amines is 1. The molecule has 5 rings (SSSR count). The Labute approximate surface area is 170 Å². The fraction of sp³-hybridized carbons (Fsp3) is 0.0455. The lowest BCUT2D eigenvalue weighted by Crippen LogP contribution is -2.05. The Morgan fingerprint density at radius 2 is 1.83 bits per heavy atom. The number of fused-ring (bicyclic) bond motifs is 1. The van der Waals surface area contributed by atoms with Gasteiger partial charge in [-0.1, -0.05) is 41.9 Å². The number of halogens is 1. The summed E-state index contributed by atoms with van der Waals surface area (Å²) in [4.78, 5) is 19.2. The van der Waals surface area contributed by atoms with Crippen LogP contribution in [0, 0.1) is 6.92 Å². The molecule has 0 aliphatic rings. The van der Waals surface area contributed by atoms with Gasteiger partial charge in [0.25, 0.3) is 5.56 Å². The molecule has 3 heterocycles. The minimum absolute atomic E-state index is 0.260. The van der Waals surface area contributed by atoms with E-state index < -0.39 is 0 Å². The highest BCUT2D eigenvalue weighted by Gasteiger charge is 2.21. The third-order valence-corrected chi connectivity index (χ3v) is 5.03. The van der Waals surface area contributed by atoms with E-state index in [0.29, 0.717) is 33.1 Å². The van der Waals surface area contributed by atoms with Crippen molar-refractivity contribution in [3.63, 3.8) is 0 Å². The molecule has 0 amide bonds. The van der Waals surface area contributed by atoms with Crippen LogP contribution in [0.4, 0.5) is 0 Å². The van der Waals surface area contributed by atoms with Gasteiger partial charge in [0.1, 0.15) is 11.1 Å². The van der Waals surface area contributed by atoms with E-state index in [1.54, 1.807) is 6.92 Å². The Morgan fingerprint density at radius 3 is 2.59 bits per heavy atom. The summed E-state index contributed by atoms with van der Waals surface area (Å²) in [5.41, 5.74) is 4.05. The smallest absolute Gasteiger partial charge is 0.262 e. The van der Waals surface area contributed by atoms with E-state index in [1.165, 1.54) is 6.33 Å². The number of benzene rings is 2. The summed E-state index contributed by atoms with van der Waals surface area (Å²) in [5.74, 6) is 0.588. The topological polar surface area (TPSA) is 76.7 Å². The second kappa shape index (κ2) is 6.76. The Balaban J connectivity index is 1.79. The zero-order chi connectivity index (χ0) is 20.0. The number of aromatic nitrogens is 4. The highest BCUT2D eigenvalue weighted by molar-refractivity contribution is 6.30. The number of aryl methyl sites for hydroxylation is 1. The van der Waals surface area contributed by atoms with Crippen LogP contribution in [-0.2, 0) is 0 Å². The van der Waals surface area contributed by atoms with Gasteiger partial charge in [0, 0.05) is 10.6 Å². The maximum atomic E-state index is 12.5. The summed E-state index contributed by atoms with van der Waals surface area (Å²) in [7, 11) is 0. The first kappa shape index (κ1) is 17.5. The fourth-order valence-corrected chi connectivity index (χ4v) is 3.58. The van der Waals surface area contributed by atoms with Gasteiger partial charge >= 0.3 is 0 Å². The van der Waals surface area contributed by atoms with Gasteiger partial charge in [0.2, 0.25) is 5.71 Å². The second-order valence-corrected chi connectivity index (χ2v) is 7.05. The quantitative estimate of drug-likeness (QED) is 0.460. The maximum absolute atomic E-state index is 12.5. The number of H-pyrrole nitrogens is 1. The number of furan rings is 1. The van der Waals surface area contributed by atoms with Gasteiger partial charge in [-0.15, -0.1) is 0 Å². The van der Waals surface area contributed by atoms with Crippen LogP contribution in [-0.4, -0.2) is 19.7 Å². The first-order valence-corrected chi connectivity index (χ1v) is 9.38. The van der Waals surface area contributed by atoms with Crippen LogP contribution in [0.15, 0.2) is 76.2 Å². The standard InChI is InChI=1S/C22H15ClN4O2/c1-13-19(20-21(28)24-12-25-22(20)29-13)17-11-18(14-5-3-2-4-6-14)27(26-17)16-9-7-15(23)8-10-16/h2-12H,1H3,(H,24,25,28). The molecule has 0 saturated heterocycles. The molecule has 0 radical (unpaired) electrons. The molecule has 0 aliphatic carbocycles. The van der Waals surface area contributed by atoms with Crippen molar-refractivity contribution >= 4 is 22.7 Å². The number of hydrogen-bond acceptors (Lipinski definition) is 4. The normalized spacial score (nSPS) is 11.2. The number of nitrogens with zero attached hydrogens (tertiary/aromatic N) is 3. The molecule has 3 aromatic heterocycles. The zero-order valence-electron chi connectivity index (χ0n) is 15.4. The van der Waals surface area contributed by atoms with Crippen LogP contribution in [0.3, 0.4) is 0 Å². The number of hydrogen-bond donors (Lipinski definition) is 1.